The number of benzene rings is 2. The standard InChI is InChI=1S/C16H15FN2O2/c1-20-15-5-3-4-11(16(15)21-2)10-19-13-6-7-14(17)12(8-13)9-18/h3-8,19H,10H2,1-2H3. The molecule has 108 valence electrons. The quantitative estimate of drug-likeness (QED) is 0.916. The zero-order chi connectivity index (χ0) is 15.2. The minimum atomic E-state index is -0.526. The summed E-state index contributed by atoms with van der Waals surface area (Å²) in [4.78, 5) is 0. The molecule has 1 N–H and O–H groups in total. The molecule has 0 radical (unpaired) electrons. The van der Waals surface area contributed by atoms with Crippen molar-refractivity contribution in [2.24, 2.45) is 0 Å². The van der Waals surface area contributed by atoms with Gasteiger partial charge in [0, 0.05) is 17.8 Å². The topological polar surface area (TPSA) is 54.3 Å². The third-order valence-electron chi connectivity index (χ3n) is 3.05. The fourth-order valence-electron chi connectivity index (χ4n) is 2.01. The molecular formula is C16H15FN2O2. The van der Waals surface area contributed by atoms with Gasteiger partial charge in [-0.1, -0.05) is 12.1 Å². The minimum Gasteiger partial charge on any atom is -0.493 e. The summed E-state index contributed by atoms with van der Waals surface area (Å²) in [6, 6.07) is 11.7. The van der Waals surface area contributed by atoms with Crippen LogP contribution in [0.1, 0.15) is 11.1 Å². The van der Waals surface area contributed by atoms with Crippen LogP contribution in [-0.2, 0) is 6.54 Å². The van der Waals surface area contributed by atoms with E-state index in [4.69, 9.17) is 14.7 Å². The van der Waals surface area contributed by atoms with Gasteiger partial charge < -0.3 is 14.8 Å². The van der Waals surface area contributed by atoms with Crippen LogP contribution in [-0.4, -0.2) is 14.2 Å². The smallest absolute Gasteiger partial charge is 0.165 e. The van der Waals surface area contributed by atoms with Crippen molar-refractivity contribution in [3.63, 3.8) is 0 Å². The number of hydrogen-bond donors (Lipinski definition) is 1. The van der Waals surface area contributed by atoms with Crippen molar-refractivity contribution in [1.29, 1.82) is 5.26 Å². The van der Waals surface area contributed by atoms with Crippen molar-refractivity contribution in [2.75, 3.05) is 19.5 Å². The Morgan fingerprint density at radius 1 is 1.19 bits per heavy atom. The first-order valence-corrected chi connectivity index (χ1v) is 6.33. The van der Waals surface area contributed by atoms with Crippen molar-refractivity contribution >= 4 is 5.69 Å². The average molecular weight is 286 g/mol. The van der Waals surface area contributed by atoms with Crippen molar-refractivity contribution < 1.29 is 13.9 Å². The van der Waals surface area contributed by atoms with Gasteiger partial charge in [-0.05, 0) is 24.3 Å². The summed E-state index contributed by atoms with van der Waals surface area (Å²) in [5, 5.41) is 12.0. The molecule has 0 aromatic heterocycles. The van der Waals surface area contributed by atoms with Crippen molar-refractivity contribution in [3.8, 4) is 17.6 Å². The Kier molecular flexibility index (Phi) is 4.62. The van der Waals surface area contributed by atoms with Crippen molar-refractivity contribution in [2.45, 2.75) is 6.54 Å². The normalized spacial score (nSPS) is 9.81. The Morgan fingerprint density at radius 3 is 2.67 bits per heavy atom. The average Bonchev–Trinajstić information content (AvgIpc) is 2.53. The van der Waals surface area contributed by atoms with E-state index in [-0.39, 0.29) is 5.56 Å². The molecule has 0 bridgehead atoms. The maximum atomic E-state index is 13.3. The number of halogens is 1. The van der Waals surface area contributed by atoms with E-state index in [0.29, 0.717) is 23.7 Å². The second-order valence-corrected chi connectivity index (χ2v) is 4.31. The predicted molar refractivity (Wildman–Crippen MR) is 78.0 cm³/mol. The van der Waals surface area contributed by atoms with E-state index in [1.54, 1.807) is 20.3 Å². The third-order valence-corrected chi connectivity index (χ3v) is 3.05. The third kappa shape index (κ3) is 3.23. The van der Waals surface area contributed by atoms with Gasteiger partial charge >= 0.3 is 0 Å². The monoisotopic (exact) mass is 286 g/mol. The van der Waals surface area contributed by atoms with Crippen LogP contribution in [0, 0.1) is 17.1 Å². The molecule has 0 spiro atoms. The first-order chi connectivity index (χ1) is 10.2. The van der Waals surface area contributed by atoms with Gasteiger partial charge in [-0.2, -0.15) is 5.26 Å². The summed E-state index contributed by atoms with van der Waals surface area (Å²) in [6.07, 6.45) is 0. The molecule has 5 heteroatoms. The number of rotatable bonds is 5. The van der Waals surface area contributed by atoms with Crippen LogP contribution < -0.4 is 14.8 Å². The maximum Gasteiger partial charge on any atom is 0.165 e. The first-order valence-electron chi connectivity index (χ1n) is 6.33. The van der Waals surface area contributed by atoms with Gasteiger partial charge in [0.15, 0.2) is 11.5 Å². The van der Waals surface area contributed by atoms with E-state index in [1.165, 1.54) is 12.1 Å². The first kappa shape index (κ1) is 14.7. The molecule has 0 aliphatic rings. The molecule has 0 saturated carbocycles. The highest BCUT2D eigenvalue weighted by Crippen LogP contribution is 2.31. The lowest BCUT2D eigenvalue weighted by molar-refractivity contribution is 0.352. The molecule has 2 aromatic rings. The van der Waals surface area contributed by atoms with Crippen molar-refractivity contribution in [1.82, 2.24) is 0 Å². The van der Waals surface area contributed by atoms with E-state index in [1.807, 2.05) is 24.3 Å². The molecule has 0 unspecified atom stereocenters. The predicted octanol–water partition coefficient (Wildman–Crippen LogP) is 3.33. The number of anilines is 1. The molecule has 0 amide bonds. The fraction of sp³-hybridized carbons (Fsp3) is 0.188. The van der Waals surface area contributed by atoms with Gasteiger partial charge in [-0.3, -0.25) is 0 Å². The summed E-state index contributed by atoms with van der Waals surface area (Å²) >= 11 is 0. The summed E-state index contributed by atoms with van der Waals surface area (Å²) in [6.45, 7) is 0.469. The van der Waals surface area contributed by atoms with Crippen molar-refractivity contribution in [3.05, 3.63) is 53.3 Å². The molecular weight excluding hydrogens is 271 g/mol. The van der Waals surface area contributed by atoms with Gasteiger partial charge in [0.25, 0.3) is 0 Å². The van der Waals surface area contributed by atoms with E-state index in [2.05, 4.69) is 5.32 Å². The number of nitrogens with zero attached hydrogens (tertiary/aromatic N) is 1. The number of nitriles is 1. The van der Waals surface area contributed by atoms with Crippen LogP contribution >= 0.6 is 0 Å². The zero-order valence-electron chi connectivity index (χ0n) is 11.8. The Morgan fingerprint density at radius 2 is 2.00 bits per heavy atom. The number of para-hydroxylation sites is 1. The van der Waals surface area contributed by atoms with Gasteiger partial charge in [0.1, 0.15) is 11.9 Å². The Balaban J connectivity index is 2.19. The number of nitrogens with one attached hydrogen (secondary N) is 1. The second-order valence-electron chi connectivity index (χ2n) is 4.31. The van der Waals surface area contributed by atoms with Crippen LogP contribution in [0.15, 0.2) is 36.4 Å². The van der Waals surface area contributed by atoms with Gasteiger partial charge in [-0.25, -0.2) is 4.39 Å². The maximum absolute atomic E-state index is 13.3. The lowest BCUT2D eigenvalue weighted by Gasteiger charge is -2.13. The van der Waals surface area contributed by atoms with Crippen LogP contribution in [0.3, 0.4) is 0 Å². The Labute approximate surface area is 122 Å². The van der Waals surface area contributed by atoms with E-state index >= 15 is 0 Å². The summed E-state index contributed by atoms with van der Waals surface area (Å²) in [7, 11) is 3.15. The summed E-state index contributed by atoms with van der Waals surface area (Å²) in [5.74, 6) is 0.769. The lowest BCUT2D eigenvalue weighted by atomic mass is 10.1. The molecule has 0 atom stereocenters. The summed E-state index contributed by atoms with van der Waals surface area (Å²) in [5.41, 5.74) is 1.58. The van der Waals surface area contributed by atoms with Crippen LogP contribution in [0.4, 0.5) is 10.1 Å². The SMILES string of the molecule is COc1cccc(CNc2ccc(F)c(C#N)c2)c1OC. The van der Waals surface area contributed by atoms with Gasteiger partial charge in [0.05, 0.1) is 19.8 Å². The largest absolute Gasteiger partial charge is 0.493 e. The molecule has 0 saturated heterocycles. The van der Waals surface area contributed by atoms with Gasteiger partial charge in [-0.15, -0.1) is 0 Å². The highest BCUT2D eigenvalue weighted by molar-refractivity contribution is 5.52. The lowest BCUT2D eigenvalue weighted by Crippen LogP contribution is -2.03. The zero-order valence-corrected chi connectivity index (χ0v) is 11.8. The fourth-order valence-corrected chi connectivity index (χ4v) is 2.01. The number of ether oxygens (including phenoxy) is 2. The second kappa shape index (κ2) is 6.62. The van der Waals surface area contributed by atoms with E-state index in [9.17, 15) is 4.39 Å². The minimum absolute atomic E-state index is 0.0117. The number of methoxy groups -OCH3 is 2. The highest BCUT2D eigenvalue weighted by Gasteiger charge is 2.09. The Hall–Kier alpha value is -2.74. The molecule has 0 heterocycles. The molecule has 0 fully saturated rings. The molecule has 2 aromatic carbocycles. The van der Waals surface area contributed by atoms with Crippen LogP contribution in [0.2, 0.25) is 0 Å². The van der Waals surface area contributed by atoms with E-state index in [0.717, 1.165) is 5.56 Å². The summed E-state index contributed by atoms with van der Waals surface area (Å²) < 4.78 is 23.8. The molecule has 21 heavy (non-hydrogen) atoms. The van der Waals surface area contributed by atoms with Crippen LogP contribution in [0.25, 0.3) is 0 Å². The molecule has 2 rings (SSSR count). The molecule has 0 aliphatic carbocycles. The Bertz CT molecular complexity index is 680. The number of hydrogen-bond acceptors (Lipinski definition) is 4. The van der Waals surface area contributed by atoms with Gasteiger partial charge in [0.2, 0.25) is 0 Å². The highest BCUT2D eigenvalue weighted by atomic mass is 19.1. The molecule has 0 aliphatic heterocycles. The van der Waals surface area contributed by atoms with E-state index < -0.39 is 5.82 Å². The molecule has 4 nitrogen and oxygen atoms in total. The van der Waals surface area contributed by atoms with Crippen LogP contribution in [0.5, 0.6) is 11.5 Å².